The smallest absolute Gasteiger partial charge is 0.338 e. The molecule has 1 aromatic carbocycles. The minimum atomic E-state index is -0.671. The number of thiazole rings is 1. The largest absolute Gasteiger partial charge is 0.456 e. The first-order valence-corrected chi connectivity index (χ1v) is 8.43. The van der Waals surface area contributed by atoms with Crippen molar-refractivity contribution in [2.75, 3.05) is 7.05 Å². The van der Waals surface area contributed by atoms with Crippen molar-refractivity contribution in [2.45, 2.75) is 6.61 Å². The molecule has 0 aliphatic carbocycles. The van der Waals surface area contributed by atoms with Crippen LogP contribution in [-0.2, 0) is 11.3 Å². The van der Waals surface area contributed by atoms with Crippen LogP contribution in [0.25, 0.3) is 4.96 Å². The summed E-state index contributed by atoms with van der Waals surface area (Å²) in [5, 5.41) is 1.74. The molecule has 0 radical (unpaired) electrons. The molecule has 0 unspecified atom stereocenters. The molecule has 9 heteroatoms. The standard InChI is InChI=1S/C17H11N3O5S/c1-19-14(22)11-3-2-9(6-12(11)15(19)23)16(24)25-8-10-7-13(21)20-4-5-26-17(20)18-10/h2-7H,8H2,1H3. The lowest BCUT2D eigenvalue weighted by molar-refractivity contribution is 0.0467. The number of rotatable bonds is 3. The number of benzene rings is 1. The third-order valence-electron chi connectivity index (χ3n) is 4.03. The van der Waals surface area contributed by atoms with E-state index >= 15 is 0 Å². The monoisotopic (exact) mass is 369 g/mol. The fraction of sp³-hybridized carbons (Fsp3) is 0.118. The van der Waals surface area contributed by atoms with Crippen LogP contribution in [0.1, 0.15) is 36.8 Å². The fourth-order valence-electron chi connectivity index (χ4n) is 2.67. The maximum absolute atomic E-state index is 12.2. The first-order chi connectivity index (χ1) is 12.5. The van der Waals surface area contributed by atoms with Gasteiger partial charge in [0.1, 0.15) is 6.61 Å². The second-order valence-electron chi connectivity index (χ2n) is 5.65. The van der Waals surface area contributed by atoms with Crippen LogP contribution in [0.2, 0.25) is 0 Å². The number of imide groups is 1. The van der Waals surface area contributed by atoms with Gasteiger partial charge in [0, 0.05) is 24.7 Å². The first kappa shape index (κ1) is 16.2. The minimum absolute atomic E-state index is 0.147. The van der Waals surface area contributed by atoms with Gasteiger partial charge in [-0.1, -0.05) is 0 Å². The van der Waals surface area contributed by atoms with E-state index in [-0.39, 0.29) is 28.9 Å². The Bertz CT molecular complexity index is 1150. The number of aromatic nitrogens is 2. The summed E-state index contributed by atoms with van der Waals surface area (Å²) < 4.78 is 6.59. The highest BCUT2D eigenvalue weighted by molar-refractivity contribution is 7.15. The summed E-state index contributed by atoms with van der Waals surface area (Å²) in [4.78, 5) is 53.8. The van der Waals surface area contributed by atoms with Gasteiger partial charge in [0.15, 0.2) is 4.96 Å². The first-order valence-electron chi connectivity index (χ1n) is 7.55. The number of carbonyl (C=O) groups excluding carboxylic acids is 3. The van der Waals surface area contributed by atoms with Gasteiger partial charge < -0.3 is 4.74 Å². The number of ether oxygens (including phenoxy) is 1. The van der Waals surface area contributed by atoms with Gasteiger partial charge in [-0.2, -0.15) is 0 Å². The van der Waals surface area contributed by atoms with Gasteiger partial charge in [-0.15, -0.1) is 11.3 Å². The van der Waals surface area contributed by atoms with Crippen molar-refractivity contribution in [2.24, 2.45) is 0 Å². The molecule has 8 nitrogen and oxygen atoms in total. The van der Waals surface area contributed by atoms with Crippen molar-refractivity contribution in [3.63, 3.8) is 0 Å². The van der Waals surface area contributed by atoms with Gasteiger partial charge in [-0.25, -0.2) is 9.78 Å². The van der Waals surface area contributed by atoms with Crippen molar-refractivity contribution in [1.82, 2.24) is 14.3 Å². The van der Waals surface area contributed by atoms with E-state index in [0.29, 0.717) is 10.7 Å². The molecule has 1 aliphatic rings. The summed E-state index contributed by atoms with van der Waals surface area (Å²) in [6.07, 6.45) is 1.62. The topological polar surface area (TPSA) is 98.1 Å². The molecule has 0 N–H and O–H groups in total. The summed E-state index contributed by atoms with van der Waals surface area (Å²) in [5.74, 6) is -1.54. The highest BCUT2D eigenvalue weighted by atomic mass is 32.1. The normalized spacial score (nSPS) is 13.3. The third-order valence-corrected chi connectivity index (χ3v) is 4.79. The Hall–Kier alpha value is -3.33. The number of amides is 2. The zero-order valence-corrected chi connectivity index (χ0v) is 14.3. The van der Waals surface area contributed by atoms with E-state index in [1.807, 2.05) is 0 Å². The molecule has 130 valence electrons. The summed E-state index contributed by atoms with van der Waals surface area (Å²) in [6.45, 7) is -0.174. The Labute approximate surface area is 150 Å². The second kappa shape index (κ2) is 5.88. The van der Waals surface area contributed by atoms with Gasteiger partial charge in [0.05, 0.1) is 22.4 Å². The minimum Gasteiger partial charge on any atom is -0.456 e. The SMILES string of the molecule is CN1C(=O)c2ccc(C(=O)OCc3cc(=O)n4ccsc4n3)cc2C1=O. The molecule has 0 saturated heterocycles. The lowest BCUT2D eigenvalue weighted by Crippen LogP contribution is -2.24. The Morgan fingerprint density at radius 1 is 1.15 bits per heavy atom. The molecule has 2 amide bonds. The zero-order valence-electron chi connectivity index (χ0n) is 13.5. The molecule has 3 heterocycles. The van der Waals surface area contributed by atoms with Crippen LogP contribution in [0.5, 0.6) is 0 Å². The summed E-state index contributed by atoms with van der Waals surface area (Å²) in [7, 11) is 1.38. The molecule has 4 rings (SSSR count). The van der Waals surface area contributed by atoms with Crippen LogP contribution in [-0.4, -0.2) is 39.1 Å². The molecule has 2 aromatic heterocycles. The van der Waals surface area contributed by atoms with Crippen molar-refractivity contribution < 1.29 is 19.1 Å². The average Bonchev–Trinajstić information content (AvgIpc) is 3.20. The van der Waals surface area contributed by atoms with Crippen molar-refractivity contribution in [3.05, 3.63) is 68.6 Å². The van der Waals surface area contributed by atoms with Crippen LogP contribution >= 0.6 is 11.3 Å². The number of hydrogen-bond acceptors (Lipinski definition) is 7. The number of fused-ring (bicyclic) bond motifs is 2. The number of carbonyl (C=O) groups is 3. The van der Waals surface area contributed by atoms with E-state index < -0.39 is 17.8 Å². The molecular formula is C17H11N3O5S. The van der Waals surface area contributed by atoms with E-state index in [2.05, 4.69) is 4.98 Å². The Balaban J connectivity index is 1.54. The van der Waals surface area contributed by atoms with Gasteiger partial charge in [0.25, 0.3) is 17.4 Å². The number of esters is 1. The molecule has 0 saturated carbocycles. The maximum Gasteiger partial charge on any atom is 0.338 e. The van der Waals surface area contributed by atoms with Crippen molar-refractivity contribution in [3.8, 4) is 0 Å². The van der Waals surface area contributed by atoms with Gasteiger partial charge in [-0.05, 0) is 18.2 Å². The summed E-state index contributed by atoms with van der Waals surface area (Å²) in [5.41, 5.74) is 0.647. The van der Waals surface area contributed by atoms with E-state index in [1.165, 1.54) is 47.1 Å². The summed E-state index contributed by atoms with van der Waals surface area (Å²) in [6, 6.07) is 5.49. The van der Waals surface area contributed by atoms with Crippen LogP contribution < -0.4 is 5.56 Å². The molecule has 0 fully saturated rings. The Kier molecular flexibility index (Phi) is 3.66. The van der Waals surface area contributed by atoms with E-state index in [9.17, 15) is 19.2 Å². The highest BCUT2D eigenvalue weighted by Gasteiger charge is 2.33. The zero-order chi connectivity index (χ0) is 18.4. The molecule has 0 atom stereocenters. The molecule has 3 aromatic rings. The van der Waals surface area contributed by atoms with Crippen LogP contribution in [0.3, 0.4) is 0 Å². The predicted octanol–water partition coefficient (Wildman–Crippen LogP) is 1.34. The van der Waals surface area contributed by atoms with E-state index in [1.54, 1.807) is 11.6 Å². The quantitative estimate of drug-likeness (QED) is 0.510. The van der Waals surface area contributed by atoms with Crippen LogP contribution in [0.4, 0.5) is 0 Å². The second-order valence-corrected chi connectivity index (χ2v) is 6.52. The maximum atomic E-state index is 12.2. The Morgan fingerprint density at radius 2 is 1.92 bits per heavy atom. The molecule has 1 aliphatic heterocycles. The lowest BCUT2D eigenvalue weighted by Gasteiger charge is -2.05. The van der Waals surface area contributed by atoms with Crippen molar-refractivity contribution >= 4 is 34.1 Å². The number of hydrogen-bond donors (Lipinski definition) is 0. The van der Waals surface area contributed by atoms with Gasteiger partial charge >= 0.3 is 5.97 Å². The predicted molar refractivity (Wildman–Crippen MR) is 91.3 cm³/mol. The van der Waals surface area contributed by atoms with Crippen LogP contribution in [0, 0.1) is 0 Å². The highest BCUT2D eigenvalue weighted by Crippen LogP contribution is 2.23. The Morgan fingerprint density at radius 3 is 2.73 bits per heavy atom. The van der Waals surface area contributed by atoms with Crippen LogP contribution in [0.15, 0.2) is 40.6 Å². The molecular weight excluding hydrogens is 358 g/mol. The lowest BCUT2D eigenvalue weighted by atomic mass is 10.1. The molecule has 26 heavy (non-hydrogen) atoms. The van der Waals surface area contributed by atoms with Gasteiger partial charge in [0.2, 0.25) is 0 Å². The van der Waals surface area contributed by atoms with Gasteiger partial charge in [-0.3, -0.25) is 23.7 Å². The number of nitrogens with zero attached hydrogens (tertiary/aromatic N) is 3. The third kappa shape index (κ3) is 2.49. The van der Waals surface area contributed by atoms with E-state index in [4.69, 9.17) is 4.74 Å². The molecule has 0 spiro atoms. The van der Waals surface area contributed by atoms with E-state index in [0.717, 1.165) is 4.90 Å². The average molecular weight is 369 g/mol. The fourth-order valence-corrected chi connectivity index (χ4v) is 3.41. The summed E-state index contributed by atoms with van der Waals surface area (Å²) >= 11 is 1.30. The van der Waals surface area contributed by atoms with Crippen molar-refractivity contribution in [1.29, 1.82) is 0 Å². The molecule has 0 bridgehead atoms.